The standard InChI is InChI=1S/C12H13FN6/c13-9-2-3-11-10(8-9)16-12(14)19(11)6-1-5-18-7-4-15-17-18/h2-4,7-8H,1,5-6H2,(H2,14,16). The van der Waals surface area contributed by atoms with Crippen LogP contribution in [0.15, 0.2) is 30.6 Å². The zero-order chi connectivity index (χ0) is 13.2. The number of hydrogen-bond acceptors (Lipinski definition) is 4. The van der Waals surface area contributed by atoms with Gasteiger partial charge < -0.3 is 10.3 Å². The summed E-state index contributed by atoms with van der Waals surface area (Å²) < 4.78 is 16.7. The minimum atomic E-state index is -0.306. The summed E-state index contributed by atoms with van der Waals surface area (Å²) in [5, 5.41) is 7.63. The zero-order valence-electron chi connectivity index (χ0n) is 10.2. The lowest BCUT2D eigenvalue weighted by atomic mass is 10.3. The van der Waals surface area contributed by atoms with Crippen LogP contribution in [0.2, 0.25) is 0 Å². The first kappa shape index (κ1) is 11.6. The molecular formula is C12H13FN6. The molecule has 0 saturated heterocycles. The summed E-state index contributed by atoms with van der Waals surface area (Å²) in [6.07, 6.45) is 4.30. The second-order valence-corrected chi connectivity index (χ2v) is 4.27. The fourth-order valence-corrected chi connectivity index (χ4v) is 2.10. The maximum atomic E-state index is 13.1. The van der Waals surface area contributed by atoms with Crippen LogP contribution in [-0.4, -0.2) is 24.5 Å². The summed E-state index contributed by atoms with van der Waals surface area (Å²) in [5.41, 5.74) is 7.28. The van der Waals surface area contributed by atoms with E-state index in [1.807, 2.05) is 10.8 Å². The lowest BCUT2D eigenvalue weighted by molar-refractivity contribution is 0.521. The quantitative estimate of drug-likeness (QED) is 0.770. The van der Waals surface area contributed by atoms with Crippen LogP contribution in [0, 0.1) is 5.82 Å². The van der Waals surface area contributed by atoms with Gasteiger partial charge in [0.2, 0.25) is 5.95 Å². The summed E-state index contributed by atoms with van der Waals surface area (Å²) in [4.78, 5) is 4.16. The predicted molar refractivity (Wildman–Crippen MR) is 68.7 cm³/mol. The SMILES string of the molecule is Nc1nc2cc(F)ccc2n1CCCn1ccnn1. The Bertz CT molecular complexity index is 688. The molecule has 0 bridgehead atoms. The molecule has 0 aliphatic heterocycles. The predicted octanol–water partition coefficient (Wildman–Crippen LogP) is 1.44. The molecule has 0 aliphatic carbocycles. The van der Waals surface area contributed by atoms with E-state index >= 15 is 0 Å². The van der Waals surface area contributed by atoms with Crippen molar-refractivity contribution in [2.45, 2.75) is 19.5 Å². The van der Waals surface area contributed by atoms with E-state index < -0.39 is 0 Å². The molecule has 2 aromatic heterocycles. The molecule has 1 aromatic carbocycles. The highest BCUT2D eigenvalue weighted by Gasteiger charge is 2.08. The van der Waals surface area contributed by atoms with Gasteiger partial charge in [0, 0.05) is 25.4 Å². The van der Waals surface area contributed by atoms with E-state index in [4.69, 9.17) is 5.73 Å². The summed E-state index contributed by atoms with van der Waals surface area (Å²) in [7, 11) is 0. The fraction of sp³-hybridized carbons (Fsp3) is 0.250. The molecule has 6 nitrogen and oxygen atoms in total. The van der Waals surface area contributed by atoms with E-state index in [2.05, 4.69) is 15.3 Å². The number of nitrogens with two attached hydrogens (primary N) is 1. The molecule has 0 unspecified atom stereocenters. The minimum Gasteiger partial charge on any atom is -0.369 e. The van der Waals surface area contributed by atoms with Crippen molar-refractivity contribution in [3.8, 4) is 0 Å². The van der Waals surface area contributed by atoms with Gasteiger partial charge in [-0.3, -0.25) is 4.68 Å². The van der Waals surface area contributed by atoms with Crippen LogP contribution in [0.4, 0.5) is 10.3 Å². The van der Waals surface area contributed by atoms with Crippen molar-refractivity contribution in [2.75, 3.05) is 5.73 Å². The normalized spacial score (nSPS) is 11.2. The van der Waals surface area contributed by atoms with Crippen LogP contribution in [0.3, 0.4) is 0 Å². The number of nitrogens with zero attached hydrogens (tertiary/aromatic N) is 5. The molecule has 19 heavy (non-hydrogen) atoms. The molecule has 7 heteroatoms. The third-order valence-corrected chi connectivity index (χ3v) is 2.98. The fourth-order valence-electron chi connectivity index (χ4n) is 2.10. The lowest BCUT2D eigenvalue weighted by Crippen LogP contribution is -2.07. The number of hydrogen-bond donors (Lipinski definition) is 1. The van der Waals surface area contributed by atoms with E-state index in [1.165, 1.54) is 12.1 Å². The largest absolute Gasteiger partial charge is 0.369 e. The highest BCUT2D eigenvalue weighted by molar-refractivity contribution is 5.78. The number of aryl methyl sites for hydroxylation is 2. The van der Waals surface area contributed by atoms with E-state index in [9.17, 15) is 4.39 Å². The number of aromatic nitrogens is 5. The van der Waals surface area contributed by atoms with Gasteiger partial charge in [-0.2, -0.15) is 0 Å². The van der Waals surface area contributed by atoms with Crippen molar-refractivity contribution in [2.24, 2.45) is 0 Å². The zero-order valence-corrected chi connectivity index (χ0v) is 10.2. The van der Waals surface area contributed by atoms with Crippen LogP contribution < -0.4 is 5.73 Å². The molecule has 0 radical (unpaired) electrons. The molecule has 0 fully saturated rings. The first-order valence-electron chi connectivity index (χ1n) is 5.99. The molecular weight excluding hydrogens is 247 g/mol. The Labute approximate surface area is 108 Å². The Morgan fingerprint density at radius 3 is 2.95 bits per heavy atom. The van der Waals surface area contributed by atoms with Crippen molar-refractivity contribution in [3.05, 3.63) is 36.4 Å². The van der Waals surface area contributed by atoms with E-state index in [0.717, 1.165) is 18.5 Å². The third kappa shape index (κ3) is 2.26. The monoisotopic (exact) mass is 260 g/mol. The Hall–Kier alpha value is -2.44. The van der Waals surface area contributed by atoms with Crippen molar-refractivity contribution in [3.63, 3.8) is 0 Å². The molecule has 3 aromatic rings. The topological polar surface area (TPSA) is 74.5 Å². The third-order valence-electron chi connectivity index (χ3n) is 2.98. The van der Waals surface area contributed by atoms with Crippen LogP contribution >= 0.6 is 0 Å². The van der Waals surface area contributed by atoms with Gasteiger partial charge in [0.05, 0.1) is 17.2 Å². The second-order valence-electron chi connectivity index (χ2n) is 4.27. The molecule has 0 spiro atoms. The van der Waals surface area contributed by atoms with Gasteiger partial charge in [-0.15, -0.1) is 5.10 Å². The highest BCUT2D eigenvalue weighted by atomic mass is 19.1. The maximum absolute atomic E-state index is 13.1. The van der Waals surface area contributed by atoms with Gasteiger partial charge in [0.15, 0.2) is 0 Å². The molecule has 3 rings (SSSR count). The van der Waals surface area contributed by atoms with Crippen molar-refractivity contribution >= 4 is 17.0 Å². The van der Waals surface area contributed by atoms with Gasteiger partial charge in [-0.1, -0.05) is 5.21 Å². The van der Waals surface area contributed by atoms with Crippen LogP contribution in [0.25, 0.3) is 11.0 Å². The molecule has 2 N–H and O–H groups in total. The van der Waals surface area contributed by atoms with Gasteiger partial charge in [0.25, 0.3) is 0 Å². The van der Waals surface area contributed by atoms with E-state index in [-0.39, 0.29) is 5.82 Å². The number of fused-ring (bicyclic) bond motifs is 1. The number of anilines is 1. The Morgan fingerprint density at radius 1 is 1.26 bits per heavy atom. The molecule has 0 saturated carbocycles. The average Bonchev–Trinajstić information content (AvgIpc) is 2.98. The summed E-state index contributed by atoms with van der Waals surface area (Å²) in [5.74, 6) is 0.0963. The average molecular weight is 260 g/mol. The Kier molecular flexibility index (Phi) is 2.86. The second kappa shape index (κ2) is 4.68. The molecule has 0 atom stereocenters. The number of nitrogen functional groups attached to an aromatic ring is 1. The van der Waals surface area contributed by atoms with Gasteiger partial charge in [-0.25, -0.2) is 9.37 Å². The first-order valence-corrected chi connectivity index (χ1v) is 5.99. The van der Waals surface area contributed by atoms with E-state index in [0.29, 0.717) is 18.0 Å². The maximum Gasteiger partial charge on any atom is 0.201 e. The molecule has 98 valence electrons. The molecule has 2 heterocycles. The van der Waals surface area contributed by atoms with Gasteiger partial charge in [-0.05, 0) is 18.6 Å². The Morgan fingerprint density at radius 2 is 2.16 bits per heavy atom. The number of rotatable bonds is 4. The first-order chi connectivity index (χ1) is 9.24. The summed E-state index contributed by atoms with van der Waals surface area (Å²) in [6.45, 7) is 1.45. The number of imidazole rings is 1. The summed E-state index contributed by atoms with van der Waals surface area (Å²) in [6, 6.07) is 4.50. The van der Waals surface area contributed by atoms with Crippen LogP contribution in [-0.2, 0) is 13.1 Å². The van der Waals surface area contributed by atoms with Gasteiger partial charge in [0.1, 0.15) is 5.82 Å². The molecule has 0 aliphatic rings. The van der Waals surface area contributed by atoms with Crippen LogP contribution in [0.1, 0.15) is 6.42 Å². The minimum absolute atomic E-state index is 0.306. The highest BCUT2D eigenvalue weighted by Crippen LogP contribution is 2.19. The van der Waals surface area contributed by atoms with Crippen molar-refractivity contribution in [1.29, 1.82) is 0 Å². The smallest absolute Gasteiger partial charge is 0.201 e. The number of benzene rings is 1. The van der Waals surface area contributed by atoms with Crippen LogP contribution in [0.5, 0.6) is 0 Å². The summed E-state index contributed by atoms with van der Waals surface area (Å²) >= 11 is 0. The van der Waals surface area contributed by atoms with Crippen molar-refractivity contribution in [1.82, 2.24) is 24.5 Å². The van der Waals surface area contributed by atoms with E-state index in [1.54, 1.807) is 16.9 Å². The van der Waals surface area contributed by atoms with Gasteiger partial charge >= 0.3 is 0 Å². The lowest BCUT2D eigenvalue weighted by Gasteiger charge is -2.06. The van der Waals surface area contributed by atoms with Crippen molar-refractivity contribution < 1.29 is 4.39 Å². The molecule has 0 amide bonds. The number of halogens is 1. The Balaban J connectivity index is 1.78.